The van der Waals surface area contributed by atoms with Gasteiger partial charge in [0.25, 0.3) is 0 Å². The van der Waals surface area contributed by atoms with E-state index in [9.17, 15) is 0 Å². The van der Waals surface area contributed by atoms with Crippen molar-refractivity contribution in [3.05, 3.63) is 37.0 Å². The fraction of sp³-hybridized carbons (Fsp3) is 0.805. The number of ether oxygens (including phenoxy) is 5. The van der Waals surface area contributed by atoms with Crippen molar-refractivity contribution in [2.75, 3.05) is 0 Å². The normalized spacial score (nSPS) is 38.6. The second-order valence-corrected chi connectivity index (χ2v) is 21.8. The van der Waals surface area contributed by atoms with Gasteiger partial charge in [-0.05, 0) is 48.7 Å². The van der Waals surface area contributed by atoms with Gasteiger partial charge in [-0.3, -0.25) is 0 Å². The second-order valence-electron chi connectivity index (χ2n) is 16.4. The molecule has 1 spiro atoms. The molecule has 5 fully saturated rings. The first-order valence-corrected chi connectivity index (χ1v) is 21.5. The molecule has 4 heterocycles. The SMILES string of the molecule is C#C[C@@H]1OC2CC1O[C@@H](/C=C/C[C@H]1O[C@H]([C@@H]3OC4(CCCCC4)O[C@H]3/C=C/CCC=C)C[C@H](O[Si](C(C)C)(C(C)C)C(C)C)[C@H]1C)[C@@H]2C. The van der Waals surface area contributed by atoms with Crippen LogP contribution in [0.25, 0.3) is 0 Å². The highest BCUT2D eigenvalue weighted by atomic mass is 28.4. The van der Waals surface area contributed by atoms with Gasteiger partial charge in [-0.25, -0.2) is 0 Å². The highest BCUT2D eigenvalue weighted by Crippen LogP contribution is 2.48. The molecule has 48 heavy (non-hydrogen) atoms. The topological polar surface area (TPSA) is 55.4 Å². The predicted molar refractivity (Wildman–Crippen MR) is 196 cm³/mol. The van der Waals surface area contributed by atoms with E-state index < -0.39 is 14.1 Å². The molecule has 1 saturated carbocycles. The lowest BCUT2D eigenvalue weighted by Gasteiger charge is -2.50. The zero-order valence-corrected chi connectivity index (χ0v) is 32.3. The third-order valence-electron chi connectivity index (χ3n) is 12.3. The van der Waals surface area contributed by atoms with Crippen LogP contribution in [0.1, 0.15) is 120 Å². The largest absolute Gasteiger partial charge is 0.413 e. The van der Waals surface area contributed by atoms with Gasteiger partial charge in [-0.15, -0.1) is 13.0 Å². The lowest BCUT2D eigenvalue weighted by molar-refractivity contribution is -0.216. The first-order chi connectivity index (χ1) is 22.9. The molecule has 0 N–H and O–H groups in total. The minimum atomic E-state index is -2.15. The molecule has 4 saturated heterocycles. The van der Waals surface area contributed by atoms with Crippen molar-refractivity contribution < 1.29 is 28.1 Å². The first-order valence-electron chi connectivity index (χ1n) is 19.3. The monoisotopic (exact) mass is 682 g/mol. The van der Waals surface area contributed by atoms with E-state index in [1.54, 1.807) is 0 Å². The summed E-state index contributed by atoms with van der Waals surface area (Å²) in [4.78, 5) is 0. The Hall–Kier alpha value is -1.24. The van der Waals surface area contributed by atoms with Crippen LogP contribution in [0, 0.1) is 24.2 Å². The van der Waals surface area contributed by atoms with Gasteiger partial charge >= 0.3 is 0 Å². The molecule has 270 valence electrons. The maximum Gasteiger partial charge on any atom is 0.200 e. The Morgan fingerprint density at radius 1 is 0.812 bits per heavy atom. The van der Waals surface area contributed by atoms with E-state index in [1.165, 1.54) is 6.42 Å². The standard InChI is InChI=1S/C41H66O6Si/c1-11-13-14-16-20-35-40(46-41(45-35)23-17-15-18-24-41)39-26-37(47-48(27(3)4,28(5)6)29(7)8)31(10)34(44-39)22-19-21-33-30(9)36-25-38(43-33)32(12-2)42-36/h2,11,16,19-21,27-40H,1,13-15,17-18,22-26H2,3-10H3/b20-16+,21-19+/t30-,31-,32-,33-,34+,35-,36?,37-,38?,39-,40+/m0/s1. The lowest BCUT2D eigenvalue weighted by atomic mass is 9.85. The minimum Gasteiger partial charge on any atom is -0.413 e. The summed E-state index contributed by atoms with van der Waals surface area (Å²) in [7, 11) is -2.15. The Morgan fingerprint density at radius 3 is 2.15 bits per heavy atom. The summed E-state index contributed by atoms with van der Waals surface area (Å²) < 4.78 is 41.2. The highest BCUT2D eigenvalue weighted by Gasteiger charge is 2.55. The van der Waals surface area contributed by atoms with E-state index in [0.717, 1.165) is 57.8 Å². The van der Waals surface area contributed by atoms with Crippen molar-refractivity contribution in [1.29, 1.82) is 0 Å². The summed E-state index contributed by atoms with van der Waals surface area (Å²) in [5.74, 6) is 2.76. The van der Waals surface area contributed by atoms with Crippen LogP contribution in [0.2, 0.25) is 16.6 Å². The van der Waals surface area contributed by atoms with Gasteiger partial charge in [0.05, 0.1) is 36.6 Å². The average molecular weight is 683 g/mol. The minimum absolute atomic E-state index is 0.00888. The van der Waals surface area contributed by atoms with Crippen molar-refractivity contribution in [1.82, 2.24) is 0 Å². The molecule has 0 aromatic rings. The van der Waals surface area contributed by atoms with E-state index in [-0.39, 0.29) is 66.8 Å². The Bertz CT molecular complexity index is 1130. The van der Waals surface area contributed by atoms with E-state index in [1.807, 2.05) is 6.08 Å². The van der Waals surface area contributed by atoms with Crippen molar-refractivity contribution in [3.8, 4) is 12.3 Å². The molecule has 0 radical (unpaired) electrons. The summed E-state index contributed by atoms with van der Waals surface area (Å²) in [6, 6.07) is 0. The third-order valence-corrected chi connectivity index (χ3v) is 18.5. The van der Waals surface area contributed by atoms with Crippen LogP contribution in [0.15, 0.2) is 37.0 Å². The van der Waals surface area contributed by atoms with E-state index in [0.29, 0.717) is 16.6 Å². The number of hydrogen-bond acceptors (Lipinski definition) is 6. The zero-order chi connectivity index (χ0) is 34.6. The lowest BCUT2D eigenvalue weighted by Crippen LogP contribution is -2.56. The van der Waals surface area contributed by atoms with E-state index in [4.69, 9.17) is 34.5 Å². The molecule has 11 atom stereocenters. The Labute approximate surface area is 293 Å². The van der Waals surface area contributed by atoms with Crippen LogP contribution in [0.3, 0.4) is 0 Å². The summed E-state index contributed by atoms with van der Waals surface area (Å²) in [6.07, 6.45) is 26.0. The number of rotatable bonds is 13. The molecule has 2 unspecified atom stereocenters. The maximum absolute atomic E-state index is 7.60. The maximum atomic E-state index is 7.60. The van der Waals surface area contributed by atoms with Crippen LogP contribution in [0.4, 0.5) is 0 Å². The fourth-order valence-electron chi connectivity index (χ4n) is 9.66. The predicted octanol–water partition coefficient (Wildman–Crippen LogP) is 9.45. The van der Waals surface area contributed by atoms with Crippen molar-refractivity contribution in [3.63, 3.8) is 0 Å². The number of hydrogen-bond donors (Lipinski definition) is 0. The zero-order valence-electron chi connectivity index (χ0n) is 31.3. The van der Waals surface area contributed by atoms with Crippen LogP contribution in [-0.2, 0) is 28.1 Å². The molecule has 4 aliphatic heterocycles. The van der Waals surface area contributed by atoms with Gasteiger partial charge in [0.1, 0.15) is 18.3 Å². The molecule has 5 aliphatic rings. The molecule has 6 nitrogen and oxygen atoms in total. The summed E-state index contributed by atoms with van der Waals surface area (Å²) in [5.41, 5.74) is 1.53. The first kappa shape index (κ1) is 38.0. The van der Waals surface area contributed by atoms with Gasteiger partial charge in [-0.1, -0.05) is 98.1 Å². The summed E-state index contributed by atoms with van der Waals surface area (Å²) >= 11 is 0. The molecule has 1 aliphatic carbocycles. The second kappa shape index (κ2) is 16.4. The number of unbranched alkanes of at least 4 members (excludes halogenated alkanes) is 1. The molecule has 0 aromatic heterocycles. The van der Waals surface area contributed by atoms with Crippen LogP contribution < -0.4 is 0 Å². The van der Waals surface area contributed by atoms with Crippen LogP contribution in [0.5, 0.6) is 0 Å². The van der Waals surface area contributed by atoms with Crippen molar-refractivity contribution in [2.45, 2.75) is 197 Å². The summed E-state index contributed by atoms with van der Waals surface area (Å²) in [5, 5.41) is 0. The Balaban J connectivity index is 1.40. The van der Waals surface area contributed by atoms with Gasteiger partial charge in [0.2, 0.25) is 8.32 Å². The summed E-state index contributed by atoms with van der Waals surface area (Å²) in [6.45, 7) is 22.7. The third kappa shape index (κ3) is 7.96. The average Bonchev–Trinajstić information content (AvgIpc) is 3.59. The Kier molecular flexibility index (Phi) is 13.0. The quantitative estimate of drug-likeness (QED) is 0.0835. The van der Waals surface area contributed by atoms with Crippen LogP contribution in [-0.4, -0.2) is 69.0 Å². The number of fused-ring (bicyclic) bond motifs is 2. The van der Waals surface area contributed by atoms with Crippen molar-refractivity contribution in [2.24, 2.45) is 11.8 Å². The molecular formula is C41H66O6Si. The van der Waals surface area contributed by atoms with Crippen molar-refractivity contribution >= 4 is 8.32 Å². The molecular weight excluding hydrogens is 617 g/mol. The van der Waals surface area contributed by atoms with Gasteiger partial charge in [0, 0.05) is 37.5 Å². The molecule has 7 heteroatoms. The molecule has 2 bridgehead atoms. The smallest absolute Gasteiger partial charge is 0.200 e. The highest BCUT2D eigenvalue weighted by molar-refractivity contribution is 6.77. The number of terminal acetylenes is 1. The van der Waals surface area contributed by atoms with E-state index >= 15 is 0 Å². The molecule has 0 aromatic carbocycles. The van der Waals surface area contributed by atoms with Gasteiger partial charge < -0.3 is 28.1 Å². The van der Waals surface area contributed by atoms with E-state index in [2.05, 4.69) is 92.2 Å². The van der Waals surface area contributed by atoms with Gasteiger partial charge in [-0.2, -0.15) is 0 Å². The number of allylic oxidation sites excluding steroid dienone is 2. The Morgan fingerprint density at radius 2 is 1.50 bits per heavy atom. The molecule has 0 amide bonds. The fourth-order valence-corrected chi connectivity index (χ4v) is 15.3. The van der Waals surface area contributed by atoms with Gasteiger partial charge in [0.15, 0.2) is 5.79 Å². The van der Waals surface area contributed by atoms with Crippen LogP contribution >= 0.6 is 0 Å². The molecule has 5 rings (SSSR count).